The minimum atomic E-state index is -5.14. The second kappa shape index (κ2) is 8.87. The molecule has 1 rings (SSSR count). The number of hydrogen-bond donors (Lipinski definition) is 1. The average Bonchev–Trinajstić information content (AvgIpc) is 2.37. The molecule has 1 aromatic carbocycles. The summed E-state index contributed by atoms with van der Waals surface area (Å²) in [7, 11) is -4.04. The van der Waals surface area contributed by atoms with Crippen LogP contribution < -0.4 is 56.7 Å². The molecule has 1 N–H and O–H groups in total. The average molecular weight is 325 g/mol. The minimum absolute atomic E-state index is 0. The molecule has 0 radical (unpaired) electrons. The van der Waals surface area contributed by atoms with E-state index in [2.05, 4.69) is 4.74 Å². The van der Waals surface area contributed by atoms with E-state index in [1.807, 2.05) is 5.32 Å². The molecule has 0 heterocycles. The first-order valence-electron chi connectivity index (χ1n) is 5.22. The van der Waals surface area contributed by atoms with Crippen LogP contribution in [-0.2, 0) is 26.1 Å². The summed E-state index contributed by atoms with van der Waals surface area (Å²) in [5.41, 5.74) is 0.682. The molecule has 0 bridgehead atoms. The summed E-state index contributed by atoms with van der Waals surface area (Å²) in [6.45, 7) is 0. The number of hydrogen-bond acceptors (Lipinski definition) is 6. The van der Waals surface area contributed by atoms with Crippen LogP contribution in [0, 0.1) is 0 Å². The Morgan fingerprint density at radius 2 is 1.85 bits per heavy atom. The Kier molecular flexibility index (Phi) is 8.74. The quantitative estimate of drug-likeness (QED) is 0.359. The first-order valence-corrected chi connectivity index (χ1v) is 6.63. The van der Waals surface area contributed by atoms with Gasteiger partial charge in [0.15, 0.2) is 10.1 Å². The van der Waals surface area contributed by atoms with Crippen LogP contribution in [0.1, 0.15) is 5.56 Å². The predicted octanol–water partition coefficient (Wildman–Crippen LogP) is -2.97. The van der Waals surface area contributed by atoms with E-state index < -0.39 is 27.4 Å². The fourth-order valence-electron chi connectivity index (χ4n) is 1.40. The number of ether oxygens (including phenoxy) is 1. The van der Waals surface area contributed by atoms with E-state index in [4.69, 9.17) is 0 Å². The van der Waals surface area contributed by atoms with E-state index in [0.717, 1.165) is 7.11 Å². The number of methoxy groups -OCH3 is 1. The number of benzene rings is 1. The number of esters is 1. The van der Waals surface area contributed by atoms with Gasteiger partial charge in [0.05, 0.1) is 7.11 Å². The largest absolute Gasteiger partial charge is 1.00 e. The minimum Gasteiger partial charge on any atom is -0.740 e. The van der Waals surface area contributed by atoms with Gasteiger partial charge in [-0.1, -0.05) is 30.3 Å². The third kappa shape index (κ3) is 6.44. The summed E-state index contributed by atoms with van der Waals surface area (Å²) in [5, 5.41) is 0.0911. The molecule has 0 spiro atoms. The summed E-state index contributed by atoms with van der Waals surface area (Å²) in [6, 6.07) is 7.34. The second-order valence-electron chi connectivity index (χ2n) is 3.65. The van der Waals surface area contributed by atoms with Crippen molar-refractivity contribution in [3.63, 3.8) is 0 Å². The van der Waals surface area contributed by atoms with Crippen LogP contribution in [0.15, 0.2) is 30.3 Å². The molecule has 0 aliphatic heterocycles. The number of rotatable bonds is 4. The standard InChI is InChI=1S/C11H13NO6S.K/c1-18-10(13)9(12-11(14)19(15,16)17)7-8-5-3-2-4-6-8;/h2-6,9H,7H2,1H3,(H,12,14)(H,15,16,17);/q;+1/p-1/t9-;/m0./s1. The molecule has 20 heavy (non-hydrogen) atoms. The first kappa shape index (κ1) is 19.7. The van der Waals surface area contributed by atoms with E-state index in [0.29, 0.717) is 5.56 Å². The fraction of sp³-hybridized carbons (Fsp3) is 0.273. The zero-order valence-electron chi connectivity index (χ0n) is 11.0. The molecule has 104 valence electrons. The van der Waals surface area contributed by atoms with Crippen LogP contribution in [-0.4, -0.2) is 37.3 Å². The van der Waals surface area contributed by atoms with Crippen LogP contribution in [0.25, 0.3) is 0 Å². The summed E-state index contributed by atoms with van der Waals surface area (Å²) in [6.07, 6.45) is 0.0226. The summed E-state index contributed by atoms with van der Waals surface area (Å²) >= 11 is 0. The SMILES string of the molecule is COC(=O)[C@H](Cc1ccccc1)NC(=O)S(=O)(=O)[O-].[K+]. The Bertz CT molecular complexity index is 560. The van der Waals surface area contributed by atoms with Gasteiger partial charge >= 0.3 is 62.6 Å². The third-order valence-electron chi connectivity index (χ3n) is 2.29. The molecule has 0 aliphatic carbocycles. The topological polar surface area (TPSA) is 113 Å². The number of amides is 1. The van der Waals surface area contributed by atoms with Crippen molar-refractivity contribution in [1.82, 2.24) is 5.32 Å². The molecule has 0 aromatic heterocycles. The summed E-state index contributed by atoms with van der Waals surface area (Å²) in [5.74, 6) is -0.833. The third-order valence-corrected chi connectivity index (χ3v) is 2.86. The van der Waals surface area contributed by atoms with Gasteiger partial charge in [-0.2, -0.15) is 0 Å². The molecule has 1 amide bonds. The normalized spacial score (nSPS) is 11.9. The van der Waals surface area contributed by atoms with Gasteiger partial charge in [-0.15, -0.1) is 0 Å². The van der Waals surface area contributed by atoms with Crippen LogP contribution in [0.2, 0.25) is 0 Å². The predicted molar refractivity (Wildman–Crippen MR) is 64.2 cm³/mol. The molecular formula is C11H12KNO6S. The van der Waals surface area contributed by atoms with Crippen LogP contribution in [0.3, 0.4) is 0 Å². The van der Waals surface area contributed by atoms with Gasteiger partial charge < -0.3 is 14.6 Å². The van der Waals surface area contributed by atoms with Crippen molar-refractivity contribution in [3.8, 4) is 0 Å². The molecule has 0 aliphatic rings. The maximum atomic E-state index is 11.4. The van der Waals surface area contributed by atoms with E-state index in [9.17, 15) is 22.6 Å². The van der Waals surface area contributed by atoms with Crippen molar-refractivity contribution in [3.05, 3.63) is 35.9 Å². The van der Waals surface area contributed by atoms with E-state index in [-0.39, 0.29) is 57.8 Å². The van der Waals surface area contributed by atoms with E-state index >= 15 is 0 Å². The number of carbonyl (C=O) groups excluding carboxylic acids is 2. The molecule has 7 nitrogen and oxygen atoms in total. The second-order valence-corrected chi connectivity index (χ2v) is 4.93. The van der Waals surface area contributed by atoms with Gasteiger partial charge in [0.1, 0.15) is 6.04 Å². The Hall–Kier alpha value is -0.294. The van der Waals surface area contributed by atoms with Gasteiger partial charge in [-0.3, -0.25) is 4.79 Å². The Balaban J connectivity index is 0.00000361. The van der Waals surface area contributed by atoms with Gasteiger partial charge in [-0.05, 0) is 5.56 Å². The monoisotopic (exact) mass is 325 g/mol. The number of nitrogens with one attached hydrogen (secondary N) is 1. The Labute approximate surface area is 159 Å². The Morgan fingerprint density at radius 3 is 2.30 bits per heavy atom. The molecule has 1 atom stereocenters. The number of carbonyl (C=O) groups is 2. The van der Waals surface area contributed by atoms with Crippen molar-refractivity contribution < 1.29 is 78.7 Å². The van der Waals surface area contributed by atoms with Crippen molar-refractivity contribution >= 4 is 21.3 Å². The van der Waals surface area contributed by atoms with Crippen LogP contribution in [0.4, 0.5) is 4.79 Å². The molecule has 0 fully saturated rings. The summed E-state index contributed by atoms with van der Waals surface area (Å²) < 4.78 is 36.0. The fourth-order valence-corrected chi connectivity index (χ4v) is 1.69. The maximum Gasteiger partial charge on any atom is 1.00 e. The van der Waals surface area contributed by atoms with E-state index in [1.165, 1.54) is 0 Å². The van der Waals surface area contributed by atoms with Crippen LogP contribution >= 0.6 is 0 Å². The van der Waals surface area contributed by atoms with Gasteiger partial charge in [0, 0.05) is 6.42 Å². The first-order chi connectivity index (χ1) is 8.84. The van der Waals surface area contributed by atoms with Crippen LogP contribution in [0.5, 0.6) is 0 Å². The Morgan fingerprint density at radius 1 is 1.30 bits per heavy atom. The smallest absolute Gasteiger partial charge is 0.740 e. The molecule has 0 saturated heterocycles. The van der Waals surface area contributed by atoms with Gasteiger partial charge in [0.2, 0.25) is 0 Å². The molecule has 0 unspecified atom stereocenters. The zero-order chi connectivity index (χ0) is 14.5. The molecular weight excluding hydrogens is 313 g/mol. The molecule has 1 aromatic rings. The van der Waals surface area contributed by atoms with E-state index in [1.54, 1.807) is 30.3 Å². The van der Waals surface area contributed by atoms with Crippen molar-refractivity contribution in [2.45, 2.75) is 12.5 Å². The molecule has 0 saturated carbocycles. The van der Waals surface area contributed by atoms with Crippen molar-refractivity contribution in [2.24, 2.45) is 0 Å². The summed E-state index contributed by atoms with van der Waals surface area (Å²) in [4.78, 5) is 22.5. The molecule has 9 heteroatoms. The van der Waals surface area contributed by atoms with Gasteiger partial charge in [0.25, 0.3) is 0 Å². The van der Waals surface area contributed by atoms with Gasteiger partial charge in [-0.25, -0.2) is 13.2 Å². The van der Waals surface area contributed by atoms with Crippen molar-refractivity contribution in [2.75, 3.05) is 7.11 Å². The zero-order valence-corrected chi connectivity index (χ0v) is 15.0. The maximum absolute atomic E-state index is 11.4. The van der Waals surface area contributed by atoms with Crippen molar-refractivity contribution in [1.29, 1.82) is 0 Å².